The van der Waals surface area contributed by atoms with Crippen molar-refractivity contribution in [2.24, 2.45) is 5.92 Å². The van der Waals surface area contributed by atoms with E-state index in [2.05, 4.69) is 11.8 Å². The monoisotopic (exact) mass is 398 g/mol. The van der Waals surface area contributed by atoms with Gasteiger partial charge in [-0.2, -0.15) is 0 Å². The number of carbonyl (C=O) groups excluding carboxylic acids is 2. The van der Waals surface area contributed by atoms with Crippen molar-refractivity contribution in [1.29, 1.82) is 0 Å². The molecule has 6 heteroatoms. The third-order valence-electron chi connectivity index (χ3n) is 5.42. The zero-order chi connectivity index (χ0) is 19.7. The molecule has 2 aliphatic heterocycles. The van der Waals surface area contributed by atoms with Gasteiger partial charge in [0.15, 0.2) is 0 Å². The Bertz CT molecular complexity index is 905. The first-order valence-corrected chi connectivity index (χ1v) is 10.6. The van der Waals surface area contributed by atoms with Crippen molar-refractivity contribution in [2.75, 3.05) is 19.6 Å². The van der Waals surface area contributed by atoms with Crippen molar-refractivity contribution >= 4 is 28.7 Å². The lowest BCUT2D eigenvalue weighted by atomic mass is 9.99. The molecule has 1 atom stereocenters. The molecule has 28 heavy (non-hydrogen) atoms. The first-order valence-electron chi connectivity index (χ1n) is 9.68. The largest absolute Gasteiger partial charge is 0.366 e. The molecule has 4 nitrogen and oxygen atoms in total. The summed E-state index contributed by atoms with van der Waals surface area (Å²) in [5.74, 6) is -0.213. The number of hydrogen-bond donors (Lipinski definition) is 0. The van der Waals surface area contributed by atoms with Crippen LogP contribution in [0, 0.1) is 11.7 Å². The summed E-state index contributed by atoms with van der Waals surface area (Å²) in [6, 6.07) is 10.0. The Morgan fingerprint density at radius 3 is 2.61 bits per heavy atom. The van der Waals surface area contributed by atoms with Crippen molar-refractivity contribution < 1.29 is 14.0 Å². The molecule has 2 aliphatic rings. The summed E-state index contributed by atoms with van der Waals surface area (Å²) in [5.41, 5.74) is 1.99. The van der Waals surface area contributed by atoms with Crippen LogP contribution in [0.1, 0.15) is 30.2 Å². The summed E-state index contributed by atoms with van der Waals surface area (Å²) in [4.78, 5) is 30.7. The topological polar surface area (TPSA) is 40.6 Å². The highest BCUT2D eigenvalue weighted by Crippen LogP contribution is 2.35. The van der Waals surface area contributed by atoms with Gasteiger partial charge < -0.3 is 4.90 Å². The first-order chi connectivity index (χ1) is 13.5. The number of carbonyl (C=O) groups is 2. The average molecular weight is 399 g/mol. The van der Waals surface area contributed by atoms with E-state index in [1.807, 2.05) is 17.5 Å². The molecule has 3 heterocycles. The molecule has 146 valence electrons. The van der Waals surface area contributed by atoms with Crippen LogP contribution < -0.4 is 0 Å². The Balaban J connectivity index is 1.60. The number of hydrogen-bond acceptors (Lipinski definition) is 4. The van der Waals surface area contributed by atoms with Gasteiger partial charge in [0.05, 0.1) is 5.57 Å². The highest BCUT2D eigenvalue weighted by Gasteiger charge is 2.42. The maximum atomic E-state index is 13.3. The second-order valence-electron chi connectivity index (χ2n) is 7.53. The molecule has 1 fully saturated rings. The van der Waals surface area contributed by atoms with Gasteiger partial charge in [0.1, 0.15) is 11.5 Å². The Labute approximate surface area is 168 Å². The molecule has 1 saturated heterocycles. The van der Waals surface area contributed by atoms with Crippen LogP contribution in [0.15, 0.2) is 47.5 Å². The van der Waals surface area contributed by atoms with Gasteiger partial charge in [-0.25, -0.2) is 4.39 Å². The Hall–Kier alpha value is -2.47. The second kappa shape index (κ2) is 7.87. The van der Waals surface area contributed by atoms with E-state index < -0.39 is 0 Å². The molecule has 1 aromatic heterocycles. The molecule has 0 spiro atoms. The Morgan fingerprint density at radius 2 is 1.93 bits per heavy atom. The molecule has 2 amide bonds. The molecule has 0 radical (unpaired) electrons. The van der Waals surface area contributed by atoms with Crippen LogP contribution in [0.4, 0.5) is 4.39 Å². The van der Waals surface area contributed by atoms with Gasteiger partial charge in [-0.1, -0.05) is 25.1 Å². The molecular formula is C22H23FN2O2S. The number of benzene rings is 1. The van der Waals surface area contributed by atoms with Gasteiger partial charge in [0.25, 0.3) is 11.8 Å². The van der Waals surface area contributed by atoms with Gasteiger partial charge >= 0.3 is 0 Å². The van der Waals surface area contributed by atoms with E-state index in [0.717, 1.165) is 36.4 Å². The predicted octanol–water partition coefficient (Wildman–Crippen LogP) is 3.94. The predicted molar refractivity (Wildman–Crippen MR) is 108 cm³/mol. The minimum atomic E-state index is -0.291. The lowest BCUT2D eigenvalue weighted by molar-refractivity contribution is -0.137. The highest BCUT2D eigenvalue weighted by molar-refractivity contribution is 7.11. The number of imide groups is 1. The van der Waals surface area contributed by atoms with Gasteiger partial charge in [-0.3, -0.25) is 14.5 Å². The second-order valence-corrected chi connectivity index (χ2v) is 8.48. The number of nitrogens with zero attached hydrogens (tertiary/aromatic N) is 2. The number of amides is 2. The van der Waals surface area contributed by atoms with Crippen molar-refractivity contribution in [2.45, 2.75) is 26.2 Å². The third-order valence-corrected chi connectivity index (χ3v) is 6.31. The fourth-order valence-electron chi connectivity index (χ4n) is 3.99. The SMILES string of the molecule is CC1CCCN(C2=C(c3cccs3)C(=O)N(CCc3ccc(F)cc3)C2=O)C1. The molecule has 1 unspecified atom stereocenters. The van der Waals surface area contributed by atoms with Crippen molar-refractivity contribution in [3.8, 4) is 0 Å². The third kappa shape index (κ3) is 3.61. The molecule has 0 N–H and O–H groups in total. The van der Waals surface area contributed by atoms with Gasteiger partial charge in [-0.15, -0.1) is 11.3 Å². The zero-order valence-electron chi connectivity index (χ0n) is 15.9. The van der Waals surface area contributed by atoms with Crippen LogP contribution >= 0.6 is 11.3 Å². The van der Waals surface area contributed by atoms with Crippen LogP contribution in [0.5, 0.6) is 0 Å². The standard InChI is InChI=1S/C22H23FN2O2S/c1-15-4-2-11-24(14-15)20-19(18-5-3-13-28-18)21(26)25(22(20)27)12-10-16-6-8-17(23)9-7-16/h3,5-9,13,15H,2,4,10-12,14H2,1H3. The van der Waals surface area contributed by atoms with E-state index in [1.54, 1.807) is 12.1 Å². The van der Waals surface area contributed by atoms with Crippen LogP contribution in [-0.4, -0.2) is 41.2 Å². The summed E-state index contributed by atoms with van der Waals surface area (Å²) in [6.07, 6.45) is 2.69. The molecule has 2 aromatic rings. The van der Waals surface area contributed by atoms with E-state index in [9.17, 15) is 14.0 Å². The van der Waals surface area contributed by atoms with E-state index >= 15 is 0 Å². The number of likely N-dealkylation sites (tertiary alicyclic amines) is 1. The summed E-state index contributed by atoms with van der Waals surface area (Å²) >= 11 is 1.49. The van der Waals surface area contributed by atoms with Crippen LogP contribution in [-0.2, 0) is 16.0 Å². The summed E-state index contributed by atoms with van der Waals surface area (Å²) in [6.45, 7) is 4.09. The Kier molecular flexibility index (Phi) is 5.31. The van der Waals surface area contributed by atoms with E-state index in [0.29, 0.717) is 30.2 Å². The van der Waals surface area contributed by atoms with Crippen LogP contribution in [0.3, 0.4) is 0 Å². The molecule has 0 bridgehead atoms. The molecular weight excluding hydrogens is 375 g/mol. The van der Waals surface area contributed by atoms with Crippen molar-refractivity contribution in [3.05, 3.63) is 63.7 Å². The van der Waals surface area contributed by atoms with Gasteiger partial charge in [-0.05, 0) is 54.3 Å². The molecule has 0 saturated carbocycles. The summed E-state index contributed by atoms with van der Waals surface area (Å²) in [7, 11) is 0. The lowest BCUT2D eigenvalue weighted by Gasteiger charge is -2.33. The maximum absolute atomic E-state index is 13.3. The Morgan fingerprint density at radius 1 is 1.14 bits per heavy atom. The minimum absolute atomic E-state index is 0.204. The molecule has 4 rings (SSSR count). The normalized spacial score (nSPS) is 20.4. The zero-order valence-corrected chi connectivity index (χ0v) is 16.7. The summed E-state index contributed by atoms with van der Waals surface area (Å²) < 4.78 is 13.1. The van der Waals surface area contributed by atoms with Gasteiger partial charge in [0, 0.05) is 24.5 Å². The number of thiophene rings is 1. The number of halogens is 1. The van der Waals surface area contributed by atoms with E-state index in [-0.39, 0.29) is 17.6 Å². The average Bonchev–Trinajstić information content (AvgIpc) is 3.28. The van der Waals surface area contributed by atoms with Gasteiger partial charge in [0.2, 0.25) is 0 Å². The maximum Gasteiger partial charge on any atom is 0.277 e. The summed E-state index contributed by atoms with van der Waals surface area (Å²) in [5, 5.41) is 1.93. The van der Waals surface area contributed by atoms with Crippen LogP contribution in [0.25, 0.3) is 5.57 Å². The quantitative estimate of drug-likeness (QED) is 0.717. The molecule has 0 aliphatic carbocycles. The van der Waals surface area contributed by atoms with Crippen molar-refractivity contribution in [1.82, 2.24) is 9.80 Å². The fourth-order valence-corrected chi connectivity index (χ4v) is 4.75. The van der Waals surface area contributed by atoms with Crippen LogP contribution in [0.2, 0.25) is 0 Å². The van der Waals surface area contributed by atoms with Crippen molar-refractivity contribution in [3.63, 3.8) is 0 Å². The first kappa shape index (κ1) is 18.9. The minimum Gasteiger partial charge on any atom is -0.366 e. The van der Waals surface area contributed by atoms with E-state index in [1.165, 1.54) is 28.4 Å². The highest BCUT2D eigenvalue weighted by atomic mass is 32.1. The lowest BCUT2D eigenvalue weighted by Crippen LogP contribution is -2.39. The van der Waals surface area contributed by atoms with E-state index in [4.69, 9.17) is 0 Å². The fraction of sp³-hybridized carbons (Fsp3) is 0.364. The smallest absolute Gasteiger partial charge is 0.277 e. The molecule has 1 aromatic carbocycles. The number of rotatable bonds is 5. The number of piperidine rings is 1.